The van der Waals surface area contributed by atoms with Gasteiger partial charge in [-0.2, -0.15) is 5.10 Å². The highest BCUT2D eigenvalue weighted by atomic mass is 16.5. The van der Waals surface area contributed by atoms with Crippen molar-refractivity contribution in [3.8, 4) is 22.4 Å². The predicted molar refractivity (Wildman–Crippen MR) is 139 cm³/mol. The number of hydrogen-bond donors (Lipinski definition) is 2. The van der Waals surface area contributed by atoms with E-state index in [1.165, 1.54) is 0 Å². The van der Waals surface area contributed by atoms with Gasteiger partial charge in [0.2, 0.25) is 0 Å². The van der Waals surface area contributed by atoms with Gasteiger partial charge in [0.15, 0.2) is 0 Å². The van der Waals surface area contributed by atoms with Crippen LogP contribution in [0.4, 0.5) is 10.5 Å². The maximum absolute atomic E-state index is 11.8. The van der Waals surface area contributed by atoms with Crippen molar-refractivity contribution in [3.05, 3.63) is 90.9 Å². The number of unbranched alkanes of at least 4 members (excludes halogenated alkanes) is 1. The number of nitrogens with one attached hydrogen (secondary N) is 2. The van der Waals surface area contributed by atoms with Gasteiger partial charge in [-0.3, -0.25) is 9.67 Å². The summed E-state index contributed by atoms with van der Waals surface area (Å²) in [5.74, 6) is 0. The molecule has 0 aliphatic carbocycles. The third kappa shape index (κ3) is 6.93. The largest absolute Gasteiger partial charge is 0.450 e. The summed E-state index contributed by atoms with van der Waals surface area (Å²) in [6, 6.07) is 22.6. The number of hydrogen-bond acceptors (Lipinski definition) is 5. The second-order valence-electron chi connectivity index (χ2n) is 8.23. The van der Waals surface area contributed by atoms with Crippen LogP contribution < -0.4 is 10.6 Å². The average Bonchev–Trinajstić information content (AvgIpc) is 3.36. The second-order valence-corrected chi connectivity index (χ2v) is 8.23. The minimum atomic E-state index is -0.381. The molecule has 2 heterocycles. The predicted octanol–water partition coefficient (Wildman–Crippen LogP) is 5.60. The standard InChI is InChI=1S/C28H31N5O2/c1-2-3-18-35-28(34)31-16-15-30-26-12-11-24(23-9-5-4-6-10-23)19-25(26)27-13-17-33(32-27)21-22-8-7-14-29-20-22/h4-14,17,19-20,30H,2-3,15-16,18,21H2,1H3,(H,31,34). The van der Waals surface area contributed by atoms with Gasteiger partial charge in [0.1, 0.15) is 0 Å². The first kappa shape index (κ1) is 24.0. The fraction of sp³-hybridized carbons (Fsp3) is 0.250. The molecule has 4 rings (SSSR count). The van der Waals surface area contributed by atoms with Gasteiger partial charge in [-0.1, -0.05) is 55.8 Å². The topological polar surface area (TPSA) is 81.1 Å². The van der Waals surface area contributed by atoms with E-state index in [1.807, 2.05) is 53.5 Å². The summed E-state index contributed by atoms with van der Waals surface area (Å²) in [5.41, 5.74) is 6.19. The zero-order valence-electron chi connectivity index (χ0n) is 20.0. The van der Waals surface area contributed by atoms with Crippen LogP contribution in [0.1, 0.15) is 25.3 Å². The number of carbonyl (C=O) groups is 1. The molecule has 7 nitrogen and oxygen atoms in total. The maximum atomic E-state index is 11.8. The number of anilines is 1. The highest BCUT2D eigenvalue weighted by Gasteiger charge is 2.11. The van der Waals surface area contributed by atoms with Gasteiger partial charge in [0, 0.05) is 42.9 Å². The lowest BCUT2D eigenvalue weighted by molar-refractivity contribution is 0.145. The Bertz CT molecular complexity index is 1210. The molecule has 180 valence electrons. The van der Waals surface area contributed by atoms with Crippen molar-refractivity contribution in [2.24, 2.45) is 0 Å². The summed E-state index contributed by atoms with van der Waals surface area (Å²) >= 11 is 0. The molecule has 0 atom stereocenters. The number of rotatable bonds is 11. The molecule has 0 saturated carbocycles. The first-order chi connectivity index (χ1) is 17.2. The molecule has 1 amide bonds. The molecular formula is C28H31N5O2. The number of pyridine rings is 1. The zero-order valence-corrected chi connectivity index (χ0v) is 20.0. The van der Waals surface area contributed by atoms with E-state index < -0.39 is 0 Å². The lowest BCUT2D eigenvalue weighted by Crippen LogP contribution is -2.29. The van der Waals surface area contributed by atoms with Crippen LogP contribution in [0.5, 0.6) is 0 Å². The van der Waals surface area contributed by atoms with Gasteiger partial charge >= 0.3 is 6.09 Å². The molecule has 7 heteroatoms. The van der Waals surface area contributed by atoms with Crippen molar-refractivity contribution >= 4 is 11.8 Å². The number of carbonyl (C=O) groups excluding carboxylic acids is 1. The molecule has 0 fully saturated rings. The Hall–Kier alpha value is -4.13. The number of benzene rings is 2. The summed E-state index contributed by atoms with van der Waals surface area (Å²) in [7, 11) is 0. The summed E-state index contributed by atoms with van der Waals surface area (Å²) in [5, 5.41) is 11.1. The normalized spacial score (nSPS) is 10.7. The molecule has 0 aliphatic heterocycles. The number of ether oxygens (including phenoxy) is 1. The van der Waals surface area contributed by atoms with Gasteiger partial charge in [-0.15, -0.1) is 0 Å². The molecule has 0 aliphatic rings. The number of aromatic nitrogens is 3. The summed E-state index contributed by atoms with van der Waals surface area (Å²) in [6.45, 7) is 4.19. The monoisotopic (exact) mass is 469 g/mol. The Balaban J connectivity index is 1.49. The van der Waals surface area contributed by atoms with Crippen LogP contribution in [0.25, 0.3) is 22.4 Å². The van der Waals surface area contributed by atoms with Gasteiger partial charge in [-0.25, -0.2) is 4.79 Å². The Morgan fingerprint density at radius 3 is 2.69 bits per heavy atom. The third-order valence-corrected chi connectivity index (χ3v) is 5.55. The molecule has 2 aromatic heterocycles. The highest BCUT2D eigenvalue weighted by molar-refractivity contribution is 5.81. The lowest BCUT2D eigenvalue weighted by atomic mass is 10.00. The maximum Gasteiger partial charge on any atom is 0.407 e. The van der Waals surface area contributed by atoms with Crippen molar-refractivity contribution in [2.45, 2.75) is 26.3 Å². The summed E-state index contributed by atoms with van der Waals surface area (Å²) in [4.78, 5) is 16.0. The highest BCUT2D eigenvalue weighted by Crippen LogP contribution is 2.32. The molecule has 35 heavy (non-hydrogen) atoms. The third-order valence-electron chi connectivity index (χ3n) is 5.55. The van der Waals surface area contributed by atoms with Crippen LogP contribution in [0.15, 0.2) is 85.3 Å². The van der Waals surface area contributed by atoms with Crippen molar-refractivity contribution < 1.29 is 9.53 Å². The van der Waals surface area contributed by atoms with E-state index in [2.05, 4.69) is 52.9 Å². The molecule has 0 bridgehead atoms. The van der Waals surface area contributed by atoms with E-state index in [4.69, 9.17) is 9.84 Å². The average molecular weight is 470 g/mol. The molecule has 2 aromatic carbocycles. The molecule has 4 aromatic rings. The molecular weight excluding hydrogens is 438 g/mol. The van der Waals surface area contributed by atoms with Crippen molar-refractivity contribution in [1.82, 2.24) is 20.1 Å². The van der Waals surface area contributed by atoms with Crippen LogP contribution in [0, 0.1) is 0 Å². The van der Waals surface area contributed by atoms with Gasteiger partial charge in [0.25, 0.3) is 0 Å². The van der Waals surface area contributed by atoms with E-state index in [0.717, 1.165) is 46.5 Å². The quantitative estimate of drug-likeness (QED) is 0.280. The Labute approximate surface area is 206 Å². The smallest absolute Gasteiger partial charge is 0.407 e. The van der Waals surface area contributed by atoms with Gasteiger partial charge < -0.3 is 15.4 Å². The van der Waals surface area contributed by atoms with Crippen LogP contribution in [-0.2, 0) is 11.3 Å². The SMILES string of the molecule is CCCCOC(=O)NCCNc1ccc(-c2ccccc2)cc1-c1ccn(Cc2cccnc2)n1. The minimum absolute atomic E-state index is 0.381. The lowest BCUT2D eigenvalue weighted by Gasteiger charge is -2.14. The van der Waals surface area contributed by atoms with Crippen molar-refractivity contribution in [2.75, 3.05) is 25.0 Å². The molecule has 0 radical (unpaired) electrons. The first-order valence-electron chi connectivity index (χ1n) is 12.0. The number of alkyl carbamates (subject to hydrolysis) is 1. The molecule has 2 N–H and O–H groups in total. The summed E-state index contributed by atoms with van der Waals surface area (Å²) < 4.78 is 7.06. The fourth-order valence-electron chi connectivity index (χ4n) is 3.71. The second kappa shape index (κ2) is 12.4. The van der Waals surface area contributed by atoms with E-state index in [0.29, 0.717) is 26.2 Å². The van der Waals surface area contributed by atoms with E-state index in [9.17, 15) is 4.79 Å². The van der Waals surface area contributed by atoms with Crippen LogP contribution in [0.3, 0.4) is 0 Å². The first-order valence-corrected chi connectivity index (χ1v) is 12.0. The van der Waals surface area contributed by atoms with Crippen molar-refractivity contribution in [3.63, 3.8) is 0 Å². The Morgan fingerprint density at radius 1 is 1.00 bits per heavy atom. The minimum Gasteiger partial charge on any atom is -0.450 e. The van der Waals surface area contributed by atoms with Gasteiger partial charge in [-0.05, 0) is 47.4 Å². The Morgan fingerprint density at radius 2 is 1.89 bits per heavy atom. The van der Waals surface area contributed by atoms with E-state index in [-0.39, 0.29) is 6.09 Å². The van der Waals surface area contributed by atoms with Crippen LogP contribution in [-0.4, -0.2) is 40.6 Å². The van der Waals surface area contributed by atoms with Crippen molar-refractivity contribution in [1.29, 1.82) is 0 Å². The molecule has 0 unspecified atom stereocenters. The molecule has 0 spiro atoms. The fourth-order valence-corrected chi connectivity index (χ4v) is 3.71. The number of nitrogens with zero attached hydrogens (tertiary/aromatic N) is 3. The van der Waals surface area contributed by atoms with E-state index >= 15 is 0 Å². The summed E-state index contributed by atoms with van der Waals surface area (Å²) in [6.07, 6.45) is 7.09. The van der Waals surface area contributed by atoms with Crippen LogP contribution in [0.2, 0.25) is 0 Å². The molecule has 0 saturated heterocycles. The zero-order chi connectivity index (χ0) is 24.3. The Kier molecular flexibility index (Phi) is 8.48. The van der Waals surface area contributed by atoms with Gasteiger partial charge in [0.05, 0.1) is 18.8 Å². The van der Waals surface area contributed by atoms with Crippen LogP contribution >= 0.6 is 0 Å². The van der Waals surface area contributed by atoms with E-state index in [1.54, 1.807) is 6.20 Å². The number of amides is 1.